The molecule has 160 valence electrons. The van der Waals surface area contributed by atoms with Crippen LogP contribution in [0.1, 0.15) is 24.5 Å². The lowest BCUT2D eigenvalue weighted by Crippen LogP contribution is -2.47. The predicted octanol–water partition coefficient (Wildman–Crippen LogP) is 2.87. The highest BCUT2D eigenvalue weighted by Gasteiger charge is 2.28. The molecule has 7 heteroatoms. The van der Waals surface area contributed by atoms with Crippen molar-refractivity contribution in [2.24, 2.45) is 0 Å². The molecule has 4 rings (SSSR count). The number of piperazine rings is 1. The van der Waals surface area contributed by atoms with Crippen molar-refractivity contribution in [3.05, 3.63) is 59.8 Å². The first-order valence-corrected chi connectivity index (χ1v) is 12.1. The minimum Gasteiger partial charge on any atom is -0.353 e. The zero-order valence-electron chi connectivity index (χ0n) is 17.8. The van der Waals surface area contributed by atoms with E-state index in [1.54, 1.807) is 10.4 Å². The maximum atomic E-state index is 12.9. The summed E-state index contributed by atoms with van der Waals surface area (Å²) < 4.78 is 27.3. The lowest BCUT2D eigenvalue weighted by atomic mass is 9.98. The third-order valence-corrected chi connectivity index (χ3v) is 7.97. The van der Waals surface area contributed by atoms with Gasteiger partial charge in [-0.05, 0) is 48.7 Å². The van der Waals surface area contributed by atoms with E-state index in [-0.39, 0.29) is 4.90 Å². The number of pyridine rings is 1. The molecule has 3 heterocycles. The Balaban J connectivity index is 1.43. The number of hydrogen-bond acceptors (Lipinski definition) is 5. The molecule has 2 aliphatic rings. The first kappa shape index (κ1) is 21.0. The number of aryl methyl sites for hydroxylation is 1. The summed E-state index contributed by atoms with van der Waals surface area (Å²) in [5.41, 5.74) is 4.00. The van der Waals surface area contributed by atoms with Crippen LogP contribution in [0.15, 0.2) is 53.6 Å². The molecule has 0 atom stereocenters. The fourth-order valence-corrected chi connectivity index (χ4v) is 5.35. The molecule has 1 aromatic carbocycles. The van der Waals surface area contributed by atoms with E-state index in [4.69, 9.17) is 0 Å². The summed E-state index contributed by atoms with van der Waals surface area (Å²) in [6.45, 7) is 6.39. The second-order valence-corrected chi connectivity index (χ2v) is 9.97. The summed E-state index contributed by atoms with van der Waals surface area (Å²) in [7, 11) is -1.46. The van der Waals surface area contributed by atoms with Gasteiger partial charge < -0.3 is 9.80 Å². The van der Waals surface area contributed by atoms with Crippen LogP contribution in [-0.4, -0.2) is 68.9 Å². The van der Waals surface area contributed by atoms with E-state index in [0.717, 1.165) is 44.8 Å². The van der Waals surface area contributed by atoms with Gasteiger partial charge in [0.25, 0.3) is 0 Å². The Morgan fingerprint density at radius 1 is 0.967 bits per heavy atom. The van der Waals surface area contributed by atoms with Crippen LogP contribution in [0, 0.1) is 0 Å². The topological polar surface area (TPSA) is 56.8 Å². The minimum absolute atomic E-state index is 0.278. The van der Waals surface area contributed by atoms with E-state index in [1.165, 1.54) is 22.9 Å². The standard InChI is InChI=1S/C23H30N4O2S/c1-3-19-4-6-20(7-5-19)21-10-12-26(13-11-21)23-9-8-22(18-24-23)30(28,29)27-16-14-25(2)15-17-27/h4-10,18H,3,11-17H2,1-2H3. The van der Waals surface area contributed by atoms with E-state index in [1.807, 2.05) is 13.1 Å². The maximum Gasteiger partial charge on any atom is 0.244 e. The van der Waals surface area contributed by atoms with E-state index >= 15 is 0 Å². The Morgan fingerprint density at radius 2 is 1.70 bits per heavy atom. The molecule has 1 aromatic heterocycles. The Bertz CT molecular complexity index is 993. The number of anilines is 1. The highest BCUT2D eigenvalue weighted by molar-refractivity contribution is 7.89. The highest BCUT2D eigenvalue weighted by atomic mass is 32.2. The number of nitrogens with zero attached hydrogens (tertiary/aromatic N) is 4. The largest absolute Gasteiger partial charge is 0.353 e. The summed E-state index contributed by atoms with van der Waals surface area (Å²) in [5.74, 6) is 0.823. The van der Waals surface area contributed by atoms with Gasteiger partial charge in [-0.25, -0.2) is 13.4 Å². The number of hydrogen-bond donors (Lipinski definition) is 0. The van der Waals surface area contributed by atoms with Crippen LogP contribution in [0.25, 0.3) is 5.57 Å². The van der Waals surface area contributed by atoms with Crippen molar-refractivity contribution >= 4 is 21.4 Å². The van der Waals surface area contributed by atoms with Crippen LogP contribution in [-0.2, 0) is 16.4 Å². The van der Waals surface area contributed by atoms with Gasteiger partial charge in [-0.1, -0.05) is 37.3 Å². The Labute approximate surface area is 179 Å². The molecule has 0 unspecified atom stereocenters. The summed E-state index contributed by atoms with van der Waals surface area (Å²) in [6.07, 6.45) is 5.76. The average Bonchev–Trinajstić information content (AvgIpc) is 2.80. The molecule has 0 radical (unpaired) electrons. The third kappa shape index (κ3) is 4.43. The van der Waals surface area contributed by atoms with Crippen molar-refractivity contribution in [2.75, 3.05) is 51.2 Å². The summed E-state index contributed by atoms with van der Waals surface area (Å²) in [6, 6.07) is 12.3. The second-order valence-electron chi connectivity index (χ2n) is 8.04. The molecule has 2 aliphatic heterocycles. The fourth-order valence-electron chi connectivity index (χ4n) is 3.98. The third-order valence-electron chi connectivity index (χ3n) is 6.09. The average molecular weight is 427 g/mol. The quantitative estimate of drug-likeness (QED) is 0.736. The van der Waals surface area contributed by atoms with Crippen LogP contribution in [0.3, 0.4) is 0 Å². The molecule has 0 amide bonds. The molecule has 0 N–H and O–H groups in total. The number of aromatic nitrogens is 1. The Morgan fingerprint density at radius 3 is 2.27 bits per heavy atom. The summed E-state index contributed by atoms with van der Waals surface area (Å²) in [4.78, 5) is 9.09. The van der Waals surface area contributed by atoms with Gasteiger partial charge in [-0.2, -0.15) is 4.31 Å². The zero-order valence-corrected chi connectivity index (χ0v) is 18.6. The molecule has 2 aromatic rings. The molecular weight excluding hydrogens is 396 g/mol. The molecular formula is C23H30N4O2S. The van der Waals surface area contributed by atoms with Gasteiger partial charge in [0.15, 0.2) is 0 Å². The number of likely N-dealkylation sites (N-methyl/N-ethyl adjacent to an activating group) is 1. The first-order chi connectivity index (χ1) is 14.5. The van der Waals surface area contributed by atoms with Gasteiger partial charge in [-0.15, -0.1) is 0 Å². The Hall–Kier alpha value is -2.22. The van der Waals surface area contributed by atoms with E-state index in [2.05, 4.69) is 52.0 Å². The molecule has 0 bridgehead atoms. The van der Waals surface area contributed by atoms with Crippen molar-refractivity contribution in [2.45, 2.75) is 24.7 Å². The van der Waals surface area contributed by atoms with Gasteiger partial charge in [0.05, 0.1) is 0 Å². The van der Waals surface area contributed by atoms with Crippen LogP contribution < -0.4 is 4.90 Å². The minimum atomic E-state index is -3.47. The van der Waals surface area contributed by atoms with E-state index in [0.29, 0.717) is 13.1 Å². The molecule has 0 saturated carbocycles. The first-order valence-electron chi connectivity index (χ1n) is 10.7. The monoisotopic (exact) mass is 426 g/mol. The van der Waals surface area contributed by atoms with Gasteiger partial charge in [0.1, 0.15) is 10.7 Å². The van der Waals surface area contributed by atoms with Crippen molar-refractivity contribution in [3.8, 4) is 0 Å². The van der Waals surface area contributed by atoms with Crippen molar-refractivity contribution in [1.82, 2.24) is 14.2 Å². The number of benzene rings is 1. The highest BCUT2D eigenvalue weighted by Crippen LogP contribution is 2.26. The van der Waals surface area contributed by atoms with Gasteiger partial charge >= 0.3 is 0 Å². The number of rotatable bonds is 5. The predicted molar refractivity (Wildman–Crippen MR) is 121 cm³/mol. The Kier molecular flexibility index (Phi) is 6.22. The summed E-state index contributed by atoms with van der Waals surface area (Å²) in [5, 5.41) is 0. The van der Waals surface area contributed by atoms with Gasteiger partial charge in [0, 0.05) is 45.5 Å². The van der Waals surface area contributed by atoms with Crippen molar-refractivity contribution in [3.63, 3.8) is 0 Å². The smallest absolute Gasteiger partial charge is 0.244 e. The molecule has 0 aliphatic carbocycles. The molecule has 30 heavy (non-hydrogen) atoms. The molecule has 0 spiro atoms. The summed E-state index contributed by atoms with van der Waals surface area (Å²) >= 11 is 0. The van der Waals surface area contributed by atoms with Crippen molar-refractivity contribution in [1.29, 1.82) is 0 Å². The fraction of sp³-hybridized carbons (Fsp3) is 0.435. The van der Waals surface area contributed by atoms with Crippen LogP contribution >= 0.6 is 0 Å². The normalized spacial score (nSPS) is 19.0. The van der Waals surface area contributed by atoms with Crippen molar-refractivity contribution < 1.29 is 8.42 Å². The SMILES string of the molecule is CCc1ccc(C2=CCN(c3ccc(S(=O)(=O)N4CCN(C)CC4)cn3)CC2)cc1. The molecule has 1 saturated heterocycles. The lowest BCUT2D eigenvalue weighted by molar-refractivity contribution is 0.222. The van der Waals surface area contributed by atoms with Crippen LogP contribution in [0.4, 0.5) is 5.82 Å². The number of sulfonamides is 1. The van der Waals surface area contributed by atoms with Gasteiger partial charge in [-0.3, -0.25) is 0 Å². The van der Waals surface area contributed by atoms with Crippen LogP contribution in [0.5, 0.6) is 0 Å². The second kappa shape index (κ2) is 8.88. The van der Waals surface area contributed by atoms with Gasteiger partial charge in [0.2, 0.25) is 10.0 Å². The molecule has 1 fully saturated rings. The van der Waals surface area contributed by atoms with Crippen LogP contribution in [0.2, 0.25) is 0 Å². The van der Waals surface area contributed by atoms with E-state index < -0.39 is 10.0 Å². The maximum absolute atomic E-state index is 12.9. The molecule has 6 nitrogen and oxygen atoms in total. The van der Waals surface area contributed by atoms with E-state index in [9.17, 15) is 8.42 Å². The zero-order chi connectivity index (χ0) is 21.1. The lowest BCUT2D eigenvalue weighted by Gasteiger charge is -2.31.